The SMILES string of the molecule is O=C(O)O.O=C(O)O.Oc1ccccc1. The zero-order valence-electron chi connectivity index (χ0n) is 7.44. The lowest BCUT2D eigenvalue weighted by Gasteiger charge is -1.82. The summed E-state index contributed by atoms with van der Waals surface area (Å²) in [6.45, 7) is 0. The summed E-state index contributed by atoms with van der Waals surface area (Å²) in [6.07, 6.45) is -3.67. The lowest BCUT2D eigenvalue weighted by Crippen LogP contribution is -1.81. The molecule has 1 aromatic carbocycles. The third kappa shape index (κ3) is 34.2. The second-order valence-electron chi connectivity index (χ2n) is 1.90. The van der Waals surface area contributed by atoms with Crippen molar-refractivity contribution < 1.29 is 35.1 Å². The molecular weight excluding hydrogens is 208 g/mol. The summed E-state index contributed by atoms with van der Waals surface area (Å²) in [7, 11) is 0. The third-order valence-electron chi connectivity index (χ3n) is 0.756. The van der Waals surface area contributed by atoms with Gasteiger partial charge in [-0.15, -0.1) is 0 Å². The first kappa shape index (κ1) is 15.1. The zero-order chi connectivity index (χ0) is 12.3. The van der Waals surface area contributed by atoms with Crippen LogP contribution in [0.15, 0.2) is 30.3 Å². The van der Waals surface area contributed by atoms with E-state index in [4.69, 9.17) is 35.1 Å². The van der Waals surface area contributed by atoms with Gasteiger partial charge in [0.15, 0.2) is 0 Å². The second-order valence-corrected chi connectivity index (χ2v) is 1.90. The highest BCUT2D eigenvalue weighted by Gasteiger charge is 1.74. The molecule has 0 aliphatic rings. The zero-order valence-corrected chi connectivity index (χ0v) is 7.44. The molecule has 0 unspecified atom stereocenters. The number of phenolic OH excluding ortho intramolecular Hbond substituents is 1. The molecule has 0 aliphatic carbocycles. The molecule has 0 saturated heterocycles. The number of benzene rings is 1. The van der Waals surface area contributed by atoms with Crippen LogP contribution < -0.4 is 0 Å². The molecule has 0 aliphatic heterocycles. The van der Waals surface area contributed by atoms with Crippen molar-refractivity contribution in [3.8, 4) is 5.75 Å². The van der Waals surface area contributed by atoms with Gasteiger partial charge in [0.1, 0.15) is 5.75 Å². The highest BCUT2D eigenvalue weighted by atomic mass is 16.6. The van der Waals surface area contributed by atoms with Crippen molar-refractivity contribution in [3.05, 3.63) is 30.3 Å². The lowest BCUT2D eigenvalue weighted by molar-refractivity contribution is 0.135. The van der Waals surface area contributed by atoms with Gasteiger partial charge >= 0.3 is 12.3 Å². The van der Waals surface area contributed by atoms with E-state index in [2.05, 4.69) is 0 Å². The molecule has 0 amide bonds. The molecule has 0 aromatic heterocycles. The minimum atomic E-state index is -1.83. The summed E-state index contributed by atoms with van der Waals surface area (Å²) in [5, 5.41) is 36.5. The van der Waals surface area contributed by atoms with Crippen molar-refractivity contribution in [2.45, 2.75) is 0 Å². The Morgan fingerprint density at radius 2 is 1.07 bits per heavy atom. The maximum absolute atomic E-state index is 8.63. The van der Waals surface area contributed by atoms with E-state index >= 15 is 0 Å². The minimum Gasteiger partial charge on any atom is -0.508 e. The monoisotopic (exact) mass is 218 g/mol. The smallest absolute Gasteiger partial charge is 0.503 e. The van der Waals surface area contributed by atoms with Crippen LogP contribution >= 0.6 is 0 Å². The van der Waals surface area contributed by atoms with Crippen LogP contribution in [-0.2, 0) is 0 Å². The topological polar surface area (TPSA) is 135 Å². The van der Waals surface area contributed by atoms with Gasteiger partial charge in [-0.1, -0.05) is 18.2 Å². The van der Waals surface area contributed by atoms with Crippen molar-refractivity contribution in [1.29, 1.82) is 0 Å². The first-order chi connectivity index (χ1) is 6.86. The van der Waals surface area contributed by atoms with Gasteiger partial charge in [0, 0.05) is 0 Å². The average Bonchev–Trinajstić information content (AvgIpc) is 2.03. The predicted octanol–water partition coefficient (Wildman–Crippen LogP) is 1.84. The molecule has 0 atom stereocenters. The molecule has 1 aromatic rings. The molecule has 0 fully saturated rings. The van der Waals surface area contributed by atoms with Crippen LogP contribution in [0.2, 0.25) is 0 Å². The molecule has 15 heavy (non-hydrogen) atoms. The number of para-hydroxylation sites is 1. The van der Waals surface area contributed by atoms with Gasteiger partial charge in [0.25, 0.3) is 0 Å². The van der Waals surface area contributed by atoms with Gasteiger partial charge < -0.3 is 25.5 Å². The van der Waals surface area contributed by atoms with Crippen molar-refractivity contribution in [2.24, 2.45) is 0 Å². The van der Waals surface area contributed by atoms with E-state index in [1.807, 2.05) is 6.07 Å². The Kier molecular flexibility index (Phi) is 9.68. The van der Waals surface area contributed by atoms with E-state index in [9.17, 15) is 0 Å². The largest absolute Gasteiger partial charge is 0.508 e. The fourth-order valence-electron chi connectivity index (χ4n) is 0.428. The predicted molar refractivity (Wildman–Crippen MR) is 49.4 cm³/mol. The number of hydrogen-bond donors (Lipinski definition) is 5. The number of phenols is 1. The molecule has 0 saturated carbocycles. The van der Waals surface area contributed by atoms with Gasteiger partial charge in [0.05, 0.1) is 0 Å². The van der Waals surface area contributed by atoms with E-state index in [-0.39, 0.29) is 0 Å². The van der Waals surface area contributed by atoms with Crippen LogP contribution in [0.1, 0.15) is 0 Å². The van der Waals surface area contributed by atoms with Crippen LogP contribution in [0.4, 0.5) is 9.59 Å². The Labute approximate surface area is 84.5 Å². The molecular formula is C8H10O7. The number of carbonyl (C=O) groups is 2. The Morgan fingerprint density at radius 1 is 0.800 bits per heavy atom. The minimum absolute atomic E-state index is 0.322. The summed E-state index contributed by atoms with van der Waals surface area (Å²) in [5.74, 6) is 0.322. The van der Waals surface area contributed by atoms with Crippen LogP contribution in [-0.4, -0.2) is 37.8 Å². The van der Waals surface area contributed by atoms with E-state index in [1.165, 1.54) is 0 Å². The average molecular weight is 218 g/mol. The van der Waals surface area contributed by atoms with Gasteiger partial charge in [0.2, 0.25) is 0 Å². The lowest BCUT2D eigenvalue weighted by atomic mass is 10.3. The molecule has 84 valence electrons. The molecule has 0 heterocycles. The summed E-state index contributed by atoms with van der Waals surface area (Å²) < 4.78 is 0. The number of aromatic hydroxyl groups is 1. The van der Waals surface area contributed by atoms with E-state index < -0.39 is 12.3 Å². The first-order valence-corrected chi connectivity index (χ1v) is 3.44. The van der Waals surface area contributed by atoms with Crippen LogP contribution in [0.25, 0.3) is 0 Å². The molecule has 0 radical (unpaired) electrons. The Hall–Kier alpha value is -2.44. The highest BCUT2D eigenvalue weighted by molar-refractivity contribution is 5.53. The van der Waals surface area contributed by atoms with Crippen LogP contribution in [0.3, 0.4) is 0 Å². The van der Waals surface area contributed by atoms with Gasteiger partial charge in [-0.3, -0.25) is 0 Å². The number of hydrogen-bond acceptors (Lipinski definition) is 3. The Morgan fingerprint density at radius 3 is 1.20 bits per heavy atom. The van der Waals surface area contributed by atoms with Crippen molar-refractivity contribution in [1.82, 2.24) is 0 Å². The summed E-state index contributed by atoms with van der Waals surface area (Å²) in [6, 6.07) is 8.71. The third-order valence-corrected chi connectivity index (χ3v) is 0.756. The van der Waals surface area contributed by atoms with Gasteiger partial charge in [-0.25, -0.2) is 9.59 Å². The van der Waals surface area contributed by atoms with E-state index in [0.717, 1.165) is 0 Å². The number of rotatable bonds is 0. The molecule has 7 nitrogen and oxygen atoms in total. The second kappa shape index (κ2) is 9.65. The van der Waals surface area contributed by atoms with Gasteiger partial charge in [-0.05, 0) is 12.1 Å². The molecule has 7 heteroatoms. The van der Waals surface area contributed by atoms with Crippen molar-refractivity contribution >= 4 is 12.3 Å². The quantitative estimate of drug-likeness (QED) is 0.448. The maximum atomic E-state index is 8.63. The molecule has 1 rings (SSSR count). The molecule has 0 bridgehead atoms. The first-order valence-electron chi connectivity index (χ1n) is 3.44. The van der Waals surface area contributed by atoms with Crippen molar-refractivity contribution in [2.75, 3.05) is 0 Å². The van der Waals surface area contributed by atoms with Crippen LogP contribution in [0, 0.1) is 0 Å². The number of carboxylic acid groups (broad SMARTS) is 4. The highest BCUT2D eigenvalue weighted by Crippen LogP contribution is 2.02. The molecule has 0 spiro atoms. The molecule has 5 N–H and O–H groups in total. The summed E-state index contributed by atoms with van der Waals surface area (Å²) in [4.78, 5) is 17.1. The van der Waals surface area contributed by atoms with Crippen LogP contribution in [0.5, 0.6) is 5.75 Å². The van der Waals surface area contributed by atoms with E-state index in [1.54, 1.807) is 24.3 Å². The Balaban J connectivity index is 0. The van der Waals surface area contributed by atoms with Crippen molar-refractivity contribution in [3.63, 3.8) is 0 Å². The fourth-order valence-corrected chi connectivity index (χ4v) is 0.428. The van der Waals surface area contributed by atoms with E-state index in [0.29, 0.717) is 5.75 Å². The summed E-state index contributed by atoms with van der Waals surface area (Å²) >= 11 is 0. The summed E-state index contributed by atoms with van der Waals surface area (Å²) in [5.41, 5.74) is 0. The van der Waals surface area contributed by atoms with Gasteiger partial charge in [-0.2, -0.15) is 0 Å². The Bertz CT molecular complexity index is 262. The maximum Gasteiger partial charge on any atom is 0.503 e. The normalized spacial score (nSPS) is 7.20. The standard InChI is InChI=1S/C6H6O.2CH2O3/c7-6-4-2-1-3-5-6;2*2-1(3)4/h1-5,7H;2*(H2,2,3,4). The fraction of sp³-hybridized carbons (Fsp3) is 0.